The van der Waals surface area contributed by atoms with E-state index in [1.54, 1.807) is 0 Å². The molecule has 0 amide bonds. The quantitative estimate of drug-likeness (QED) is 0.305. The molecule has 0 aliphatic heterocycles. The minimum atomic E-state index is -0.326. The Kier molecular flexibility index (Phi) is 9.49. The van der Waals surface area contributed by atoms with E-state index in [1.165, 1.54) is 12.7 Å². The normalized spacial score (nSPS) is 11.7. The molecule has 0 fully saturated rings. The van der Waals surface area contributed by atoms with Crippen molar-refractivity contribution < 1.29 is 14.3 Å². The van der Waals surface area contributed by atoms with Gasteiger partial charge in [0.25, 0.3) is 0 Å². The Hall–Kier alpha value is -3.84. The van der Waals surface area contributed by atoms with Crippen LogP contribution in [0.2, 0.25) is 0 Å². The highest BCUT2D eigenvalue weighted by Crippen LogP contribution is 2.24. The van der Waals surface area contributed by atoms with Crippen LogP contribution in [0.15, 0.2) is 78.9 Å². The first-order valence-corrected chi connectivity index (χ1v) is 11.7. The third-order valence-electron chi connectivity index (χ3n) is 5.69. The van der Waals surface area contributed by atoms with Gasteiger partial charge < -0.3 is 9.47 Å². The predicted molar refractivity (Wildman–Crippen MR) is 136 cm³/mol. The number of nitriles is 1. The third kappa shape index (κ3) is 7.35. The first-order chi connectivity index (χ1) is 16.6. The summed E-state index contributed by atoms with van der Waals surface area (Å²) in [6.07, 6.45) is 8.09. The van der Waals surface area contributed by atoms with Crippen LogP contribution in [-0.4, -0.2) is 19.7 Å². The number of benzene rings is 3. The van der Waals surface area contributed by atoms with Crippen molar-refractivity contribution in [3.8, 4) is 11.8 Å². The minimum absolute atomic E-state index is 0.291. The molecule has 4 heteroatoms. The molecular formula is C30H31NO3. The van der Waals surface area contributed by atoms with Crippen LogP contribution < -0.4 is 4.74 Å². The van der Waals surface area contributed by atoms with E-state index < -0.39 is 0 Å². The van der Waals surface area contributed by atoms with Crippen molar-refractivity contribution in [2.45, 2.75) is 32.6 Å². The first-order valence-electron chi connectivity index (χ1n) is 11.7. The van der Waals surface area contributed by atoms with Gasteiger partial charge >= 0.3 is 5.97 Å². The van der Waals surface area contributed by atoms with E-state index in [4.69, 9.17) is 14.7 Å². The monoisotopic (exact) mass is 453 g/mol. The number of allylic oxidation sites excluding steroid dienone is 1. The Morgan fingerprint density at radius 1 is 1.00 bits per heavy atom. The minimum Gasteiger partial charge on any atom is -0.493 e. The van der Waals surface area contributed by atoms with Crippen molar-refractivity contribution in [2.24, 2.45) is 5.92 Å². The molecule has 1 unspecified atom stereocenters. The molecule has 0 spiro atoms. The van der Waals surface area contributed by atoms with Crippen molar-refractivity contribution in [3.05, 3.63) is 107 Å². The highest BCUT2D eigenvalue weighted by atomic mass is 16.5. The number of para-hydroxylation sites is 1. The third-order valence-corrected chi connectivity index (χ3v) is 5.69. The second kappa shape index (κ2) is 13.0. The van der Waals surface area contributed by atoms with Crippen LogP contribution in [0.4, 0.5) is 0 Å². The zero-order chi connectivity index (χ0) is 24.2. The van der Waals surface area contributed by atoms with Crippen LogP contribution >= 0.6 is 0 Å². The standard InChI is InChI=1S/C30H31NO3/c1-3-20-34-29-7-5-4-6-27(29)17-14-24(11-8-23-9-12-26(22-31)13-10-23)21-25-15-18-28(19-16-25)30(32)33-2/h4-7,9-10,12-19,24H,3,8,11,20-21H2,1-2H3. The number of hydrogen-bond donors (Lipinski definition) is 0. The predicted octanol–water partition coefficient (Wildman–Crippen LogP) is 6.64. The van der Waals surface area contributed by atoms with Crippen molar-refractivity contribution in [2.75, 3.05) is 13.7 Å². The maximum atomic E-state index is 11.8. The number of nitrogens with zero attached hydrogens (tertiary/aromatic N) is 1. The number of rotatable bonds is 11. The Balaban J connectivity index is 1.77. The van der Waals surface area contributed by atoms with E-state index >= 15 is 0 Å². The maximum absolute atomic E-state index is 11.8. The van der Waals surface area contributed by atoms with Crippen LogP contribution in [0.25, 0.3) is 6.08 Å². The van der Waals surface area contributed by atoms with E-state index in [-0.39, 0.29) is 5.97 Å². The summed E-state index contributed by atoms with van der Waals surface area (Å²) in [4.78, 5) is 11.8. The maximum Gasteiger partial charge on any atom is 0.337 e. The topological polar surface area (TPSA) is 59.3 Å². The molecule has 174 valence electrons. The lowest BCUT2D eigenvalue weighted by molar-refractivity contribution is 0.0600. The van der Waals surface area contributed by atoms with E-state index in [0.717, 1.165) is 42.6 Å². The van der Waals surface area contributed by atoms with Crippen LogP contribution in [0.1, 0.15) is 52.4 Å². The number of methoxy groups -OCH3 is 1. The van der Waals surface area contributed by atoms with Crippen molar-refractivity contribution in [3.63, 3.8) is 0 Å². The fourth-order valence-corrected chi connectivity index (χ4v) is 3.76. The molecular weight excluding hydrogens is 422 g/mol. The fourth-order valence-electron chi connectivity index (χ4n) is 3.76. The summed E-state index contributed by atoms with van der Waals surface area (Å²) in [6.45, 7) is 2.79. The van der Waals surface area contributed by atoms with Gasteiger partial charge in [0.1, 0.15) is 5.75 Å². The van der Waals surface area contributed by atoms with Gasteiger partial charge in [-0.3, -0.25) is 0 Å². The Morgan fingerprint density at radius 2 is 1.71 bits per heavy atom. The molecule has 0 aliphatic carbocycles. The van der Waals surface area contributed by atoms with Crippen LogP contribution in [0, 0.1) is 17.2 Å². The molecule has 4 nitrogen and oxygen atoms in total. The Labute approximate surface area is 202 Å². The average molecular weight is 454 g/mol. The van der Waals surface area contributed by atoms with E-state index in [9.17, 15) is 4.79 Å². The molecule has 0 saturated heterocycles. The van der Waals surface area contributed by atoms with Gasteiger partial charge in [-0.1, -0.05) is 61.5 Å². The van der Waals surface area contributed by atoms with Gasteiger partial charge in [0, 0.05) is 5.56 Å². The number of carbonyl (C=O) groups is 1. The van der Waals surface area contributed by atoms with E-state index in [0.29, 0.717) is 23.7 Å². The summed E-state index contributed by atoms with van der Waals surface area (Å²) in [5.74, 6) is 0.861. The summed E-state index contributed by atoms with van der Waals surface area (Å²) >= 11 is 0. The lowest BCUT2D eigenvalue weighted by atomic mass is 9.91. The Bertz CT molecular complexity index is 1120. The van der Waals surface area contributed by atoms with Gasteiger partial charge in [0.05, 0.1) is 30.9 Å². The number of esters is 1. The lowest BCUT2D eigenvalue weighted by Crippen LogP contribution is -2.05. The van der Waals surface area contributed by atoms with E-state index in [1.807, 2.05) is 66.7 Å². The number of carbonyl (C=O) groups excluding carboxylic acids is 1. The SMILES string of the molecule is CCCOc1ccccc1C=CC(CCc1ccc(C#N)cc1)Cc1ccc(C(=O)OC)cc1. The highest BCUT2D eigenvalue weighted by molar-refractivity contribution is 5.89. The van der Waals surface area contributed by atoms with Crippen LogP contribution in [0.5, 0.6) is 5.75 Å². The smallest absolute Gasteiger partial charge is 0.337 e. The van der Waals surface area contributed by atoms with Gasteiger partial charge in [-0.15, -0.1) is 0 Å². The molecule has 0 saturated carbocycles. The van der Waals surface area contributed by atoms with Crippen LogP contribution in [-0.2, 0) is 17.6 Å². The first kappa shape index (κ1) is 24.8. The molecule has 0 N–H and O–H groups in total. The summed E-state index contributed by atoms with van der Waals surface area (Å²) in [7, 11) is 1.39. The average Bonchev–Trinajstić information content (AvgIpc) is 2.89. The molecule has 1 atom stereocenters. The molecule has 0 aliphatic rings. The highest BCUT2D eigenvalue weighted by Gasteiger charge is 2.10. The van der Waals surface area contributed by atoms with E-state index in [2.05, 4.69) is 31.2 Å². The molecule has 3 rings (SSSR count). The largest absolute Gasteiger partial charge is 0.493 e. The lowest BCUT2D eigenvalue weighted by Gasteiger charge is -2.14. The number of aryl methyl sites for hydroxylation is 1. The second-order valence-corrected chi connectivity index (χ2v) is 8.25. The molecule has 0 aromatic heterocycles. The van der Waals surface area contributed by atoms with Gasteiger partial charge in [-0.2, -0.15) is 5.26 Å². The van der Waals surface area contributed by atoms with Gasteiger partial charge in [-0.05, 0) is 73.1 Å². The summed E-state index contributed by atoms with van der Waals surface area (Å²) in [5.41, 5.74) is 4.68. The van der Waals surface area contributed by atoms with Gasteiger partial charge in [-0.25, -0.2) is 4.79 Å². The summed E-state index contributed by atoms with van der Waals surface area (Å²) in [6, 6.07) is 25.7. The molecule has 34 heavy (non-hydrogen) atoms. The Morgan fingerprint density at radius 3 is 2.38 bits per heavy atom. The zero-order valence-corrected chi connectivity index (χ0v) is 19.9. The molecule has 3 aromatic carbocycles. The van der Waals surface area contributed by atoms with Gasteiger partial charge in [0.2, 0.25) is 0 Å². The fraction of sp³-hybridized carbons (Fsp3) is 0.267. The summed E-state index contributed by atoms with van der Waals surface area (Å²) in [5, 5.41) is 9.04. The van der Waals surface area contributed by atoms with Crippen molar-refractivity contribution in [1.29, 1.82) is 5.26 Å². The molecule has 0 heterocycles. The second-order valence-electron chi connectivity index (χ2n) is 8.25. The molecule has 3 aromatic rings. The molecule has 0 bridgehead atoms. The van der Waals surface area contributed by atoms with Crippen molar-refractivity contribution in [1.82, 2.24) is 0 Å². The zero-order valence-electron chi connectivity index (χ0n) is 19.9. The van der Waals surface area contributed by atoms with Crippen molar-refractivity contribution >= 4 is 12.0 Å². The molecule has 0 radical (unpaired) electrons. The number of hydrogen-bond acceptors (Lipinski definition) is 4. The number of ether oxygens (including phenoxy) is 2. The summed E-state index contributed by atoms with van der Waals surface area (Å²) < 4.78 is 10.7. The van der Waals surface area contributed by atoms with Gasteiger partial charge in [0.15, 0.2) is 0 Å². The van der Waals surface area contributed by atoms with Crippen LogP contribution in [0.3, 0.4) is 0 Å².